The summed E-state index contributed by atoms with van der Waals surface area (Å²) in [5, 5.41) is 9.62. The number of benzene rings is 1. The van der Waals surface area contributed by atoms with Gasteiger partial charge < -0.3 is 14.3 Å². The van der Waals surface area contributed by atoms with Crippen LogP contribution < -0.4 is 0 Å². The maximum Gasteiger partial charge on any atom is 0.329 e. The Kier molecular flexibility index (Phi) is 6.86. The molecule has 34 heavy (non-hydrogen) atoms. The highest BCUT2D eigenvalue weighted by Crippen LogP contribution is 2.36. The fourth-order valence-corrected chi connectivity index (χ4v) is 4.10. The first-order valence-electron chi connectivity index (χ1n) is 11.3. The van der Waals surface area contributed by atoms with Crippen molar-refractivity contribution in [1.82, 2.24) is 15.0 Å². The van der Waals surface area contributed by atoms with E-state index in [9.17, 15) is 4.79 Å². The van der Waals surface area contributed by atoms with E-state index in [1.54, 1.807) is 0 Å². The van der Waals surface area contributed by atoms with Crippen LogP contribution in [0, 0.1) is 11.3 Å². The average molecular weight is 482 g/mol. The van der Waals surface area contributed by atoms with Crippen molar-refractivity contribution in [3.05, 3.63) is 70.5 Å². The van der Waals surface area contributed by atoms with Crippen molar-refractivity contribution in [3.63, 3.8) is 0 Å². The molecule has 0 aliphatic heterocycles. The maximum absolute atomic E-state index is 10.9. The van der Waals surface area contributed by atoms with Crippen molar-refractivity contribution >= 4 is 34.4 Å². The van der Waals surface area contributed by atoms with Gasteiger partial charge in [-0.15, -0.1) is 0 Å². The largest absolute Gasteiger partial charge is 0.480 e. The number of carbonyl (C=O) groups is 1. The predicted molar refractivity (Wildman–Crippen MR) is 131 cm³/mol. The summed E-state index contributed by atoms with van der Waals surface area (Å²) in [5.41, 5.74) is 3.41. The number of carboxylic acid groups (broad SMARTS) is 1. The Morgan fingerprint density at radius 2 is 1.94 bits per heavy atom. The van der Waals surface area contributed by atoms with Crippen LogP contribution in [-0.2, 0) is 22.4 Å². The van der Waals surface area contributed by atoms with Crippen LogP contribution in [0.3, 0.4) is 0 Å². The number of aliphatic carboxylic acids is 1. The summed E-state index contributed by atoms with van der Waals surface area (Å²) in [6, 6.07) is 7.64. The third-order valence-electron chi connectivity index (χ3n) is 5.60. The van der Waals surface area contributed by atoms with Gasteiger partial charge in [-0.2, -0.15) is 4.98 Å². The molecule has 1 aliphatic carbocycles. The average Bonchev–Trinajstić information content (AvgIpc) is 3.18. The van der Waals surface area contributed by atoms with Gasteiger partial charge in [0.25, 0.3) is 5.71 Å². The van der Waals surface area contributed by atoms with Gasteiger partial charge in [-0.1, -0.05) is 69.7 Å². The molecule has 2 aromatic heterocycles. The Balaban J connectivity index is 1.67. The van der Waals surface area contributed by atoms with Crippen molar-refractivity contribution in [1.29, 1.82) is 0 Å². The van der Waals surface area contributed by atoms with Crippen LogP contribution in [0.25, 0.3) is 16.8 Å². The minimum absolute atomic E-state index is 0.352. The van der Waals surface area contributed by atoms with Crippen LogP contribution in [0.15, 0.2) is 46.9 Å². The van der Waals surface area contributed by atoms with Gasteiger partial charge in [0.2, 0.25) is 5.89 Å². The normalized spacial score (nSPS) is 17.4. The molecule has 4 rings (SSSR count). The summed E-state index contributed by atoms with van der Waals surface area (Å²) in [5.74, 6) is 0.521. The molecule has 0 amide bonds. The molecular formula is C26H28ClN3O4. The summed E-state index contributed by atoms with van der Waals surface area (Å²) < 4.78 is 11.6. The Labute approximate surface area is 203 Å². The molecule has 178 valence electrons. The van der Waals surface area contributed by atoms with Crippen LogP contribution in [0.5, 0.6) is 0 Å². The molecule has 0 saturated heterocycles. The third kappa shape index (κ3) is 5.54. The summed E-state index contributed by atoms with van der Waals surface area (Å²) in [4.78, 5) is 25.1. The monoisotopic (exact) mass is 481 g/mol. The standard InChI is InChI=1S/C26H28ClN3O4/c1-15(2)11-19-23-25(29-21(28-19)12-16-5-8-18(27)9-6-16)34-24(30-23)17-7-10-20(26(3,4)13-17)33-14-22(31)32/h5-10,13,15,20H,11-12,14H2,1-4H3,(H,31,32). The SMILES string of the molecule is CC(C)Cc1nc(Cc2ccc(Cl)cc2)nc2oc(C3=CC(C)(C)C(OCC(=O)O)C=C3)nc12. The molecular weight excluding hydrogens is 454 g/mol. The summed E-state index contributed by atoms with van der Waals surface area (Å²) in [6.07, 6.45) is 6.65. The Bertz CT molecular complexity index is 1260. The lowest BCUT2D eigenvalue weighted by Crippen LogP contribution is -2.32. The molecule has 0 fully saturated rings. The number of oxazole rings is 1. The summed E-state index contributed by atoms with van der Waals surface area (Å²) in [7, 11) is 0. The van der Waals surface area contributed by atoms with E-state index in [0.717, 1.165) is 23.3 Å². The molecule has 7 nitrogen and oxygen atoms in total. The fourth-order valence-electron chi connectivity index (χ4n) is 3.98. The number of hydrogen-bond acceptors (Lipinski definition) is 6. The minimum atomic E-state index is -0.997. The summed E-state index contributed by atoms with van der Waals surface area (Å²) >= 11 is 6.01. The first-order valence-corrected chi connectivity index (χ1v) is 11.6. The molecule has 8 heteroatoms. The number of fused-ring (bicyclic) bond motifs is 1. The molecule has 1 unspecified atom stereocenters. The first kappa shape index (κ1) is 24.1. The predicted octanol–water partition coefficient (Wildman–Crippen LogP) is 5.51. The van der Waals surface area contributed by atoms with E-state index in [0.29, 0.717) is 40.3 Å². The number of allylic oxidation sites excluding steroid dienone is 2. The van der Waals surface area contributed by atoms with Gasteiger partial charge in [-0.05, 0) is 30.0 Å². The van der Waals surface area contributed by atoms with E-state index in [-0.39, 0.29) is 12.7 Å². The molecule has 0 radical (unpaired) electrons. The molecule has 1 N–H and O–H groups in total. The zero-order chi connectivity index (χ0) is 24.5. The highest BCUT2D eigenvalue weighted by atomic mass is 35.5. The lowest BCUT2D eigenvalue weighted by molar-refractivity contribution is -0.144. The molecule has 2 heterocycles. The van der Waals surface area contributed by atoms with Crippen LogP contribution in [0.1, 0.15) is 50.7 Å². The van der Waals surface area contributed by atoms with E-state index in [1.807, 2.05) is 56.3 Å². The second kappa shape index (κ2) is 9.68. The van der Waals surface area contributed by atoms with Gasteiger partial charge in [0, 0.05) is 22.4 Å². The first-order chi connectivity index (χ1) is 16.1. The van der Waals surface area contributed by atoms with Crippen LogP contribution in [0.2, 0.25) is 5.02 Å². The molecule has 0 spiro atoms. The van der Waals surface area contributed by atoms with Crippen LogP contribution in [-0.4, -0.2) is 38.7 Å². The minimum Gasteiger partial charge on any atom is -0.480 e. The van der Waals surface area contributed by atoms with Gasteiger partial charge in [0.1, 0.15) is 12.4 Å². The highest BCUT2D eigenvalue weighted by Gasteiger charge is 2.31. The highest BCUT2D eigenvalue weighted by molar-refractivity contribution is 6.30. The Hall–Kier alpha value is -3.03. The van der Waals surface area contributed by atoms with Gasteiger partial charge in [0.05, 0.1) is 11.8 Å². The van der Waals surface area contributed by atoms with Gasteiger partial charge in [-0.3, -0.25) is 0 Å². The van der Waals surface area contributed by atoms with Crippen LogP contribution in [0.4, 0.5) is 0 Å². The van der Waals surface area contributed by atoms with E-state index in [1.165, 1.54) is 0 Å². The number of hydrogen-bond donors (Lipinski definition) is 1. The third-order valence-corrected chi connectivity index (χ3v) is 5.85. The van der Waals surface area contributed by atoms with Crippen molar-refractivity contribution < 1.29 is 19.1 Å². The lowest BCUT2D eigenvalue weighted by atomic mass is 9.80. The van der Waals surface area contributed by atoms with E-state index >= 15 is 0 Å². The quantitative estimate of drug-likeness (QED) is 0.453. The summed E-state index contributed by atoms with van der Waals surface area (Å²) in [6.45, 7) is 7.90. The molecule has 0 bridgehead atoms. The molecule has 1 aliphatic rings. The number of aromatic nitrogens is 3. The van der Waals surface area contributed by atoms with E-state index in [4.69, 9.17) is 35.8 Å². The van der Waals surface area contributed by atoms with Crippen molar-refractivity contribution in [2.75, 3.05) is 6.61 Å². The van der Waals surface area contributed by atoms with Crippen LogP contribution >= 0.6 is 11.6 Å². The lowest BCUT2D eigenvalue weighted by Gasteiger charge is -2.32. The molecule has 1 atom stereocenters. The smallest absolute Gasteiger partial charge is 0.329 e. The van der Waals surface area contributed by atoms with Crippen molar-refractivity contribution in [2.45, 2.75) is 46.6 Å². The Morgan fingerprint density at radius 3 is 2.59 bits per heavy atom. The van der Waals surface area contributed by atoms with Crippen molar-refractivity contribution in [3.8, 4) is 0 Å². The second-order valence-electron chi connectivity index (χ2n) is 9.57. The Morgan fingerprint density at radius 1 is 1.21 bits per heavy atom. The molecule has 0 saturated carbocycles. The molecule has 3 aromatic rings. The van der Waals surface area contributed by atoms with E-state index < -0.39 is 11.4 Å². The zero-order valence-electron chi connectivity index (χ0n) is 19.7. The number of ether oxygens (including phenoxy) is 1. The van der Waals surface area contributed by atoms with Gasteiger partial charge >= 0.3 is 5.97 Å². The molecule has 1 aromatic carbocycles. The van der Waals surface area contributed by atoms with E-state index in [2.05, 4.69) is 18.8 Å². The zero-order valence-corrected chi connectivity index (χ0v) is 20.5. The van der Waals surface area contributed by atoms with Gasteiger partial charge in [0.15, 0.2) is 5.52 Å². The van der Waals surface area contributed by atoms with Crippen molar-refractivity contribution in [2.24, 2.45) is 11.3 Å². The number of halogens is 1. The number of carboxylic acids is 1. The number of nitrogens with zero attached hydrogens (tertiary/aromatic N) is 3. The second-order valence-corrected chi connectivity index (χ2v) is 10.0. The fraction of sp³-hybridized carbons (Fsp3) is 0.385. The topological polar surface area (TPSA) is 98.3 Å². The van der Waals surface area contributed by atoms with Gasteiger partial charge in [-0.25, -0.2) is 14.8 Å². The number of rotatable bonds is 8. The maximum atomic E-state index is 10.9.